The number of halogens is 1. The molecule has 1 saturated heterocycles. The molecule has 3 aromatic rings. The van der Waals surface area contributed by atoms with Gasteiger partial charge in [-0.2, -0.15) is 0 Å². The predicted octanol–water partition coefficient (Wildman–Crippen LogP) is 2.84. The Bertz CT molecular complexity index is 1260. The largest absolute Gasteiger partial charge is 0.497 e. The first-order valence-electron chi connectivity index (χ1n) is 11.5. The fourth-order valence-corrected chi connectivity index (χ4v) is 4.01. The Kier molecular flexibility index (Phi) is 7.84. The molecule has 0 unspecified atom stereocenters. The zero-order valence-electron chi connectivity index (χ0n) is 19.7. The maximum absolute atomic E-state index is 13.9. The second-order valence-corrected chi connectivity index (χ2v) is 8.34. The molecule has 1 aromatic heterocycles. The average Bonchev–Trinajstić information content (AvgIpc) is 2.89. The van der Waals surface area contributed by atoms with Gasteiger partial charge in [0.2, 0.25) is 5.91 Å². The van der Waals surface area contributed by atoms with Crippen molar-refractivity contribution >= 4 is 23.5 Å². The van der Waals surface area contributed by atoms with Gasteiger partial charge >= 0.3 is 0 Å². The number of anilines is 1. The van der Waals surface area contributed by atoms with Crippen LogP contribution in [-0.2, 0) is 11.2 Å². The van der Waals surface area contributed by atoms with Crippen LogP contribution >= 0.6 is 0 Å². The molecular weight excluding hydrogens is 465 g/mol. The molecular formula is C26H26FN5O4. The van der Waals surface area contributed by atoms with Gasteiger partial charge in [0.25, 0.3) is 11.8 Å². The fraction of sp³-hybridized carbons (Fsp3) is 0.269. The van der Waals surface area contributed by atoms with Crippen LogP contribution in [0.5, 0.6) is 5.75 Å². The van der Waals surface area contributed by atoms with Crippen molar-refractivity contribution in [1.82, 2.24) is 20.2 Å². The summed E-state index contributed by atoms with van der Waals surface area (Å²) in [5, 5.41) is 5.37. The van der Waals surface area contributed by atoms with Gasteiger partial charge in [-0.15, -0.1) is 0 Å². The summed E-state index contributed by atoms with van der Waals surface area (Å²) in [5.41, 5.74) is 0.640. The lowest BCUT2D eigenvalue weighted by atomic mass is 10.0. The molecule has 4 rings (SSSR count). The topological polar surface area (TPSA) is 114 Å². The van der Waals surface area contributed by atoms with Gasteiger partial charge in [-0.25, -0.2) is 14.4 Å². The lowest BCUT2D eigenvalue weighted by Crippen LogP contribution is -2.47. The Morgan fingerprint density at radius 2 is 1.78 bits per heavy atom. The van der Waals surface area contributed by atoms with E-state index in [2.05, 4.69) is 20.6 Å². The summed E-state index contributed by atoms with van der Waals surface area (Å²) in [6, 6.07) is 12.8. The maximum atomic E-state index is 13.9. The molecule has 0 atom stereocenters. The minimum absolute atomic E-state index is 0.0140. The number of nitrogens with zero attached hydrogens (tertiary/aromatic N) is 3. The molecule has 0 aliphatic carbocycles. The number of methoxy groups -OCH3 is 1. The van der Waals surface area contributed by atoms with Crippen molar-refractivity contribution in [3.63, 3.8) is 0 Å². The molecule has 0 spiro atoms. The van der Waals surface area contributed by atoms with E-state index in [9.17, 15) is 18.8 Å². The number of amides is 3. The third kappa shape index (κ3) is 6.01. The second-order valence-electron chi connectivity index (χ2n) is 8.34. The molecule has 2 N–H and O–H groups in total. The Labute approximate surface area is 207 Å². The summed E-state index contributed by atoms with van der Waals surface area (Å²) in [6.45, 7) is 1.01. The highest BCUT2D eigenvalue weighted by Gasteiger charge is 2.26. The number of likely N-dealkylation sites (tertiary alicyclic amines) is 1. The van der Waals surface area contributed by atoms with Crippen molar-refractivity contribution in [2.45, 2.75) is 25.3 Å². The second kappa shape index (κ2) is 11.4. The number of rotatable bonds is 7. The van der Waals surface area contributed by atoms with Gasteiger partial charge < -0.3 is 20.3 Å². The van der Waals surface area contributed by atoms with E-state index in [4.69, 9.17) is 4.74 Å². The Morgan fingerprint density at radius 1 is 1.03 bits per heavy atom. The Hall–Kier alpha value is -4.34. The number of piperidine rings is 1. The van der Waals surface area contributed by atoms with Gasteiger partial charge in [0.15, 0.2) is 11.5 Å². The van der Waals surface area contributed by atoms with E-state index >= 15 is 0 Å². The van der Waals surface area contributed by atoms with Crippen LogP contribution in [-0.4, -0.2) is 58.8 Å². The number of benzene rings is 2. The molecule has 10 heteroatoms. The molecule has 9 nitrogen and oxygen atoms in total. The van der Waals surface area contributed by atoms with Gasteiger partial charge in [0, 0.05) is 31.5 Å². The third-order valence-electron chi connectivity index (χ3n) is 5.94. The highest BCUT2D eigenvalue weighted by Crippen LogP contribution is 2.18. The molecule has 0 saturated carbocycles. The van der Waals surface area contributed by atoms with Crippen LogP contribution in [0.3, 0.4) is 0 Å². The van der Waals surface area contributed by atoms with E-state index in [1.807, 2.05) is 24.3 Å². The first kappa shape index (κ1) is 24.8. The minimum Gasteiger partial charge on any atom is -0.497 e. The Morgan fingerprint density at radius 3 is 2.53 bits per heavy atom. The normalized spacial score (nSPS) is 13.7. The SMILES string of the molecule is COc1cccc(CC(=O)N2CCC(NC(=O)c3nccnc3NC(=O)c3ccccc3F)CC2)c1. The number of carbonyl (C=O) groups excluding carboxylic acids is 3. The van der Waals surface area contributed by atoms with Crippen molar-refractivity contribution in [3.05, 3.63) is 83.6 Å². The number of hydrogen-bond donors (Lipinski definition) is 2. The summed E-state index contributed by atoms with van der Waals surface area (Å²) < 4.78 is 19.2. The smallest absolute Gasteiger partial charge is 0.273 e. The number of carbonyl (C=O) groups is 3. The van der Waals surface area contributed by atoms with E-state index in [-0.39, 0.29) is 35.4 Å². The molecule has 36 heavy (non-hydrogen) atoms. The van der Waals surface area contributed by atoms with Crippen LogP contribution in [0.4, 0.5) is 10.2 Å². The summed E-state index contributed by atoms with van der Waals surface area (Å²) in [5.74, 6) is -1.26. The number of aromatic nitrogens is 2. The van der Waals surface area contributed by atoms with Crippen LogP contribution < -0.4 is 15.4 Å². The summed E-state index contributed by atoms with van der Waals surface area (Å²) in [6.07, 6.45) is 4.10. The lowest BCUT2D eigenvalue weighted by Gasteiger charge is -2.32. The number of hydrogen-bond acceptors (Lipinski definition) is 6. The molecule has 2 aromatic carbocycles. The number of nitrogens with one attached hydrogen (secondary N) is 2. The summed E-state index contributed by atoms with van der Waals surface area (Å²) >= 11 is 0. The van der Waals surface area contributed by atoms with Crippen molar-refractivity contribution in [2.75, 3.05) is 25.5 Å². The highest BCUT2D eigenvalue weighted by atomic mass is 19.1. The third-order valence-corrected chi connectivity index (χ3v) is 5.94. The van der Waals surface area contributed by atoms with Gasteiger partial charge in [-0.1, -0.05) is 24.3 Å². The van der Waals surface area contributed by atoms with Crippen LogP contribution in [0.2, 0.25) is 0 Å². The van der Waals surface area contributed by atoms with E-state index in [1.165, 1.54) is 36.7 Å². The van der Waals surface area contributed by atoms with Gasteiger partial charge in [0.05, 0.1) is 19.1 Å². The first-order valence-corrected chi connectivity index (χ1v) is 11.5. The maximum Gasteiger partial charge on any atom is 0.273 e. The highest BCUT2D eigenvalue weighted by molar-refractivity contribution is 6.07. The van der Waals surface area contributed by atoms with E-state index in [1.54, 1.807) is 12.0 Å². The summed E-state index contributed by atoms with van der Waals surface area (Å²) in [4.78, 5) is 48.0. The van der Waals surface area contributed by atoms with Crippen molar-refractivity contribution in [3.8, 4) is 5.75 Å². The van der Waals surface area contributed by atoms with Crippen molar-refractivity contribution < 1.29 is 23.5 Å². The lowest BCUT2D eigenvalue weighted by molar-refractivity contribution is -0.131. The van der Waals surface area contributed by atoms with E-state index in [0.717, 1.165) is 5.56 Å². The van der Waals surface area contributed by atoms with Crippen LogP contribution in [0.15, 0.2) is 60.9 Å². The van der Waals surface area contributed by atoms with Crippen LogP contribution in [0, 0.1) is 5.82 Å². The molecule has 1 aliphatic rings. The minimum atomic E-state index is -0.731. The monoisotopic (exact) mass is 491 g/mol. The van der Waals surface area contributed by atoms with Gasteiger partial charge in [0.1, 0.15) is 11.6 Å². The van der Waals surface area contributed by atoms with Crippen LogP contribution in [0.1, 0.15) is 39.3 Å². The van der Waals surface area contributed by atoms with E-state index in [0.29, 0.717) is 31.7 Å². The van der Waals surface area contributed by atoms with Crippen molar-refractivity contribution in [1.29, 1.82) is 0 Å². The fourth-order valence-electron chi connectivity index (χ4n) is 4.01. The number of ether oxygens (including phenoxy) is 1. The standard InChI is InChI=1S/C26H26FN5O4/c1-36-19-6-4-5-17(15-19)16-22(33)32-13-9-18(10-14-32)30-26(35)23-24(29-12-11-28-23)31-25(34)20-7-2-3-8-21(20)27/h2-8,11-12,15,18H,9-10,13-14,16H2,1H3,(H,30,35)(H,29,31,34). The molecule has 1 aliphatic heterocycles. The van der Waals surface area contributed by atoms with Gasteiger partial charge in [-0.05, 0) is 42.7 Å². The molecule has 1 fully saturated rings. The zero-order chi connectivity index (χ0) is 25.5. The van der Waals surface area contributed by atoms with Crippen LogP contribution in [0.25, 0.3) is 0 Å². The quantitative estimate of drug-likeness (QED) is 0.526. The molecule has 3 amide bonds. The van der Waals surface area contributed by atoms with Gasteiger partial charge in [-0.3, -0.25) is 14.4 Å². The average molecular weight is 492 g/mol. The molecule has 186 valence electrons. The van der Waals surface area contributed by atoms with Crippen molar-refractivity contribution in [2.24, 2.45) is 0 Å². The zero-order valence-corrected chi connectivity index (χ0v) is 19.7. The molecule has 0 radical (unpaired) electrons. The molecule has 0 bridgehead atoms. The summed E-state index contributed by atoms with van der Waals surface area (Å²) in [7, 11) is 1.58. The molecule has 2 heterocycles. The Balaban J connectivity index is 1.33. The predicted molar refractivity (Wildman–Crippen MR) is 130 cm³/mol. The van der Waals surface area contributed by atoms with E-state index < -0.39 is 17.6 Å². The first-order chi connectivity index (χ1) is 17.4.